The van der Waals surface area contributed by atoms with E-state index in [9.17, 15) is 8.42 Å². The van der Waals surface area contributed by atoms with Gasteiger partial charge in [-0.25, -0.2) is 13.6 Å². The van der Waals surface area contributed by atoms with Gasteiger partial charge in [-0.3, -0.25) is 0 Å². The van der Waals surface area contributed by atoms with Crippen LogP contribution in [0.2, 0.25) is 0 Å². The van der Waals surface area contributed by atoms with Crippen LogP contribution in [0.25, 0.3) is 0 Å². The van der Waals surface area contributed by atoms with Crippen LogP contribution >= 0.6 is 11.3 Å². The van der Waals surface area contributed by atoms with Gasteiger partial charge in [-0.1, -0.05) is 0 Å². The largest absolute Gasteiger partial charge is 0.381 e. The number of primary sulfonamides is 1. The average molecular weight is 304 g/mol. The van der Waals surface area contributed by atoms with Crippen molar-refractivity contribution in [1.29, 1.82) is 0 Å². The minimum absolute atomic E-state index is 0.296. The Morgan fingerprint density at radius 2 is 2.16 bits per heavy atom. The molecule has 1 unspecified atom stereocenters. The molecule has 0 aliphatic carbocycles. The Kier molecular flexibility index (Phi) is 4.62. The smallest absolute Gasteiger partial charge is 0.239 e. The Bertz CT molecular complexity index is 546. The molecule has 1 saturated heterocycles. The van der Waals surface area contributed by atoms with Crippen LogP contribution in [0.15, 0.2) is 4.90 Å². The van der Waals surface area contributed by atoms with Crippen LogP contribution in [0.4, 0.5) is 0 Å². The number of hydrogen-bond donors (Lipinski definition) is 2. The highest BCUT2D eigenvalue weighted by Crippen LogP contribution is 2.30. The summed E-state index contributed by atoms with van der Waals surface area (Å²) in [6, 6.07) is 0. The van der Waals surface area contributed by atoms with Gasteiger partial charge in [0.05, 0.1) is 6.61 Å². The molecule has 1 aliphatic heterocycles. The molecule has 0 saturated carbocycles. The van der Waals surface area contributed by atoms with Crippen molar-refractivity contribution < 1.29 is 13.2 Å². The first kappa shape index (κ1) is 14.9. The standard InChI is InChI=1S/C12H20N2O3S2/c1-8-11(6-14-5-10-3-4-17-7-10)12(9(2)18-8)19(13,15)16/h10,14H,3-7H2,1-2H3,(H2,13,15,16). The molecule has 1 aliphatic rings. The highest BCUT2D eigenvalue weighted by atomic mass is 32.2. The second-order valence-electron chi connectivity index (χ2n) is 4.93. The van der Waals surface area contributed by atoms with E-state index in [-0.39, 0.29) is 0 Å². The molecule has 0 aromatic carbocycles. The highest BCUT2D eigenvalue weighted by Gasteiger charge is 2.22. The second kappa shape index (κ2) is 5.88. The molecule has 2 heterocycles. The zero-order valence-corrected chi connectivity index (χ0v) is 12.9. The van der Waals surface area contributed by atoms with E-state index in [1.807, 2.05) is 6.92 Å². The molecule has 7 heteroatoms. The molecule has 108 valence electrons. The molecule has 19 heavy (non-hydrogen) atoms. The molecular formula is C12H20N2O3S2. The number of aryl methyl sites for hydroxylation is 2. The molecule has 1 fully saturated rings. The summed E-state index contributed by atoms with van der Waals surface area (Å²) in [5.41, 5.74) is 0.809. The quantitative estimate of drug-likeness (QED) is 0.854. The first-order valence-electron chi connectivity index (χ1n) is 6.29. The van der Waals surface area contributed by atoms with Crippen LogP contribution in [0, 0.1) is 19.8 Å². The van der Waals surface area contributed by atoms with Crippen molar-refractivity contribution in [3.05, 3.63) is 15.3 Å². The molecule has 0 amide bonds. The maximum absolute atomic E-state index is 11.6. The number of nitrogens with two attached hydrogens (primary N) is 1. The molecule has 0 radical (unpaired) electrons. The van der Waals surface area contributed by atoms with Crippen LogP contribution < -0.4 is 10.5 Å². The van der Waals surface area contributed by atoms with Gasteiger partial charge in [0.25, 0.3) is 0 Å². The summed E-state index contributed by atoms with van der Waals surface area (Å²) >= 11 is 1.48. The van der Waals surface area contributed by atoms with Crippen molar-refractivity contribution in [2.75, 3.05) is 19.8 Å². The summed E-state index contributed by atoms with van der Waals surface area (Å²) in [4.78, 5) is 2.07. The second-order valence-corrected chi connectivity index (χ2v) is 7.85. The minimum Gasteiger partial charge on any atom is -0.381 e. The summed E-state index contributed by atoms with van der Waals surface area (Å²) in [5, 5.41) is 8.61. The van der Waals surface area contributed by atoms with Crippen LogP contribution in [0.1, 0.15) is 21.7 Å². The fourth-order valence-electron chi connectivity index (χ4n) is 2.43. The van der Waals surface area contributed by atoms with Gasteiger partial charge in [0, 0.05) is 29.5 Å². The normalized spacial score (nSPS) is 20.1. The number of nitrogens with one attached hydrogen (secondary N) is 1. The topological polar surface area (TPSA) is 81.4 Å². The average Bonchev–Trinajstić information content (AvgIpc) is 2.86. The summed E-state index contributed by atoms with van der Waals surface area (Å²) in [7, 11) is -3.65. The van der Waals surface area contributed by atoms with E-state index in [1.54, 1.807) is 6.92 Å². The first-order chi connectivity index (χ1) is 8.89. The predicted octanol–water partition coefficient (Wildman–Crippen LogP) is 1.14. The van der Waals surface area contributed by atoms with Gasteiger partial charge in [-0.05, 0) is 31.7 Å². The predicted molar refractivity (Wildman–Crippen MR) is 75.8 cm³/mol. The molecule has 0 bridgehead atoms. The van der Waals surface area contributed by atoms with Gasteiger partial charge >= 0.3 is 0 Å². The SMILES string of the molecule is Cc1sc(C)c(S(N)(=O)=O)c1CNCC1CCOC1. The Morgan fingerprint density at radius 1 is 1.42 bits per heavy atom. The van der Waals surface area contributed by atoms with Gasteiger partial charge in [0.1, 0.15) is 4.90 Å². The van der Waals surface area contributed by atoms with Crippen molar-refractivity contribution in [3.8, 4) is 0 Å². The van der Waals surface area contributed by atoms with Crippen molar-refractivity contribution >= 4 is 21.4 Å². The van der Waals surface area contributed by atoms with E-state index in [0.717, 1.165) is 41.5 Å². The molecule has 0 spiro atoms. The fourth-order valence-corrected chi connectivity index (χ4v) is 4.91. The van der Waals surface area contributed by atoms with Gasteiger partial charge < -0.3 is 10.1 Å². The summed E-state index contributed by atoms with van der Waals surface area (Å²) < 4.78 is 28.6. The monoisotopic (exact) mass is 304 g/mol. The first-order valence-corrected chi connectivity index (χ1v) is 8.66. The highest BCUT2D eigenvalue weighted by molar-refractivity contribution is 7.89. The van der Waals surface area contributed by atoms with Crippen LogP contribution in [-0.4, -0.2) is 28.2 Å². The van der Waals surface area contributed by atoms with Crippen molar-refractivity contribution in [2.24, 2.45) is 11.1 Å². The van der Waals surface area contributed by atoms with Crippen molar-refractivity contribution in [3.63, 3.8) is 0 Å². The van der Waals surface area contributed by atoms with E-state index in [0.29, 0.717) is 17.4 Å². The van der Waals surface area contributed by atoms with Gasteiger partial charge in [-0.2, -0.15) is 0 Å². The number of thiophene rings is 1. The van der Waals surface area contributed by atoms with Gasteiger partial charge in [-0.15, -0.1) is 11.3 Å². The molecule has 2 rings (SSSR count). The third-order valence-corrected chi connectivity index (χ3v) is 5.68. The summed E-state index contributed by atoms with van der Waals surface area (Å²) in [6.45, 7) is 6.73. The lowest BCUT2D eigenvalue weighted by Crippen LogP contribution is -2.24. The third-order valence-electron chi connectivity index (χ3n) is 3.37. The molecule has 1 atom stereocenters. The molecular weight excluding hydrogens is 284 g/mol. The summed E-state index contributed by atoms with van der Waals surface area (Å²) in [5.74, 6) is 0.526. The lowest BCUT2D eigenvalue weighted by Gasteiger charge is -2.10. The van der Waals surface area contributed by atoms with Crippen molar-refractivity contribution in [2.45, 2.75) is 31.7 Å². The zero-order valence-electron chi connectivity index (χ0n) is 11.2. The maximum atomic E-state index is 11.6. The lowest BCUT2D eigenvalue weighted by atomic mass is 10.1. The molecule has 1 aromatic heterocycles. The Balaban J connectivity index is 2.07. The van der Waals surface area contributed by atoms with Crippen LogP contribution in [0.3, 0.4) is 0 Å². The van der Waals surface area contributed by atoms with E-state index in [2.05, 4.69) is 5.32 Å². The number of ether oxygens (including phenoxy) is 1. The van der Waals surface area contributed by atoms with E-state index in [4.69, 9.17) is 9.88 Å². The van der Waals surface area contributed by atoms with Gasteiger partial charge in [0.15, 0.2) is 0 Å². The van der Waals surface area contributed by atoms with E-state index >= 15 is 0 Å². The third kappa shape index (κ3) is 3.55. The Morgan fingerprint density at radius 3 is 2.74 bits per heavy atom. The molecule has 3 N–H and O–H groups in total. The number of hydrogen-bond acceptors (Lipinski definition) is 5. The van der Waals surface area contributed by atoms with Crippen LogP contribution in [0.5, 0.6) is 0 Å². The van der Waals surface area contributed by atoms with Gasteiger partial charge in [0.2, 0.25) is 10.0 Å². The maximum Gasteiger partial charge on any atom is 0.239 e. The van der Waals surface area contributed by atoms with Crippen LogP contribution in [-0.2, 0) is 21.3 Å². The number of sulfonamides is 1. The molecule has 5 nitrogen and oxygen atoms in total. The lowest BCUT2D eigenvalue weighted by molar-refractivity contribution is 0.185. The molecule has 1 aromatic rings. The number of rotatable bonds is 5. The Hall–Kier alpha value is -0.470. The fraction of sp³-hybridized carbons (Fsp3) is 0.667. The Labute approximate surface area is 118 Å². The van der Waals surface area contributed by atoms with E-state index < -0.39 is 10.0 Å². The summed E-state index contributed by atoms with van der Waals surface area (Å²) in [6.07, 6.45) is 1.07. The minimum atomic E-state index is -3.65. The van der Waals surface area contributed by atoms with E-state index in [1.165, 1.54) is 11.3 Å². The zero-order chi connectivity index (χ0) is 14.0. The van der Waals surface area contributed by atoms with Crippen molar-refractivity contribution in [1.82, 2.24) is 5.32 Å².